The van der Waals surface area contributed by atoms with Gasteiger partial charge in [-0.1, -0.05) is 12.1 Å². The lowest BCUT2D eigenvalue weighted by molar-refractivity contribution is 0.102. The number of fused-ring (bicyclic) bond motifs is 1. The Morgan fingerprint density at radius 2 is 1.78 bits per heavy atom. The van der Waals surface area contributed by atoms with Crippen LogP contribution in [0.15, 0.2) is 47.8 Å². The minimum Gasteiger partial charge on any atom is -0.378 e. The van der Waals surface area contributed by atoms with E-state index in [0.29, 0.717) is 10.7 Å². The molecule has 0 radical (unpaired) electrons. The fourth-order valence-electron chi connectivity index (χ4n) is 3.44. The van der Waals surface area contributed by atoms with Gasteiger partial charge in [0.1, 0.15) is 0 Å². The predicted molar refractivity (Wildman–Crippen MR) is 113 cm³/mol. The Bertz CT molecular complexity index is 960. The van der Waals surface area contributed by atoms with Gasteiger partial charge in [0.05, 0.1) is 5.69 Å². The number of thiazole rings is 1. The maximum absolute atomic E-state index is 12.5. The molecule has 1 amide bonds. The van der Waals surface area contributed by atoms with Crippen LogP contribution in [0.25, 0.3) is 11.3 Å². The molecule has 1 aromatic heterocycles. The molecule has 0 bridgehead atoms. The van der Waals surface area contributed by atoms with Crippen molar-refractivity contribution in [1.29, 1.82) is 0 Å². The normalized spacial score (nSPS) is 13.1. The predicted octanol–water partition coefficient (Wildman–Crippen LogP) is 5.01. The summed E-state index contributed by atoms with van der Waals surface area (Å²) in [6.45, 7) is 0. The molecule has 0 saturated heterocycles. The third kappa shape index (κ3) is 3.88. The van der Waals surface area contributed by atoms with Gasteiger partial charge in [-0.3, -0.25) is 10.1 Å². The number of carbonyl (C=O) groups excluding carboxylic acids is 1. The average Bonchev–Trinajstić information content (AvgIpc) is 3.16. The Hall–Kier alpha value is -2.66. The number of anilines is 2. The topological polar surface area (TPSA) is 45.2 Å². The highest BCUT2D eigenvalue weighted by Gasteiger charge is 2.13. The molecule has 1 heterocycles. The highest BCUT2D eigenvalue weighted by atomic mass is 32.1. The monoisotopic (exact) mass is 377 g/mol. The minimum absolute atomic E-state index is 0.133. The number of hydrogen-bond acceptors (Lipinski definition) is 4. The summed E-state index contributed by atoms with van der Waals surface area (Å²) in [5.41, 5.74) is 6.66. The van der Waals surface area contributed by atoms with Crippen molar-refractivity contribution in [3.8, 4) is 11.3 Å². The molecule has 2 aromatic carbocycles. The molecule has 0 spiro atoms. The molecule has 0 fully saturated rings. The zero-order valence-corrected chi connectivity index (χ0v) is 16.5. The van der Waals surface area contributed by atoms with Crippen molar-refractivity contribution in [2.24, 2.45) is 0 Å². The Labute approximate surface area is 163 Å². The molecule has 138 valence electrons. The number of hydrogen-bond donors (Lipinski definition) is 1. The molecule has 0 atom stereocenters. The maximum Gasteiger partial charge on any atom is 0.257 e. The minimum atomic E-state index is -0.133. The van der Waals surface area contributed by atoms with Gasteiger partial charge in [-0.15, -0.1) is 11.3 Å². The van der Waals surface area contributed by atoms with Crippen LogP contribution in [0.2, 0.25) is 0 Å². The van der Waals surface area contributed by atoms with Gasteiger partial charge in [0.15, 0.2) is 5.13 Å². The second-order valence-corrected chi connectivity index (χ2v) is 7.98. The first-order chi connectivity index (χ1) is 13.1. The zero-order valence-electron chi connectivity index (χ0n) is 15.7. The third-order valence-electron chi connectivity index (χ3n) is 5.01. The molecule has 4 rings (SSSR count). The van der Waals surface area contributed by atoms with Crippen LogP contribution >= 0.6 is 11.3 Å². The second kappa shape index (κ2) is 7.53. The van der Waals surface area contributed by atoms with Gasteiger partial charge >= 0.3 is 0 Å². The van der Waals surface area contributed by atoms with Crippen molar-refractivity contribution in [3.05, 3.63) is 64.5 Å². The van der Waals surface area contributed by atoms with E-state index in [1.165, 1.54) is 41.7 Å². The molecule has 3 aromatic rings. The summed E-state index contributed by atoms with van der Waals surface area (Å²) in [6, 6.07) is 14.2. The summed E-state index contributed by atoms with van der Waals surface area (Å²) in [5.74, 6) is -0.133. The average molecular weight is 378 g/mol. The van der Waals surface area contributed by atoms with Crippen LogP contribution in [0.3, 0.4) is 0 Å². The Morgan fingerprint density at radius 3 is 2.52 bits per heavy atom. The summed E-state index contributed by atoms with van der Waals surface area (Å²) < 4.78 is 0. The zero-order chi connectivity index (χ0) is 18.8. The highest BCUT2D eigenvalue weighted by Crippen LogP contribution is 2.29. The smallest absolute Gasteiger partial charge is 0.257 e. The van der Waals surface area contributed by atoms with Gasteiger partial charge in [0.25, 0.3) is 5.91 Å². The molecule has 1 N–H and O–H groups in total. The summed E-state index contributed by atoms with van der Waals surface area (Å²) in [4.78, 5) is 19.1. The Kier molecular flexibility index (Phi) is 4.94. The molecule has 0 aliphatic heterocycles. The largest absolute Gasteiger partial charge is 0.378 e. The van der Waals surface area contributed by atoms with Gasteiger partial charge in [-0.25, -0.2) is 4.98 Å². The lowest BCUT2D eigenvalue weighted by Gasteiger charge is -2.16. The van der Waals surface area contributed by atoms with E-state index in [9.17, 15) is 4.79 Å². The fraction of sp³-hybridized carbons (Fsp3) is 0.273. The molecule has 0 saturated carbocycles. The number of nitrogens with zero attached hydrogens (tertiary/aromatic N) is 2. The van der Waals surface area contributed by atoms with Crippen molar-refractivity contribution in [3.63, 3.8) is 0 Å². The first-order valence-electron chi connectivity index (χ1n) is 9.26. The van der Waals surface area contributed by atoms with Crippen LogP contribution in [-0.4, -0.2) is 25.0 Å². The van der Waals surface area contributed by atoms with Gasteiger partial charge in [-0.05, 0) is 67.1 Å². The second-order valence-electron chi connectivity index (χ2n) is 7.12. The van der Waals surface area contributed by atoms with Gasteiger partial charge in [0.2, 0.25) is 0 Å². The molecule has 0 unspecified atom stereocenters. The number of aromatic nitrogens is 1. The van der Waals surface area contributed by atoms with Gasteiger partial charge in [0, 0.05) is 36.3 Å². The number of nitrogens with one attached hydrogen (secondary N) is 1. The van der Waals surface area contributed by atoms with Crippen molar-refractivity contribution in [2.75, 3.05) is 24.3 Å². The highest BCUT2D eigenvalue weighted by molar-refractivity contribution is 7.14. The standard InChI is InChI=1S/C22H23N3OS/c1-25(2)19-11-9-16(10-12-19)21(26)24-22-23-20(14-27-22)18-8-7-15-5-3-4-6-17(15)13-18/h7-14H,3-6H2,1-2H3,(H,23,24,26). The quantitative estimate of drug-likeness (QED) is 0.695. The van der Waals surface area contributed by atoms with Crippen LogP contribution < -0.4 is 10.2 Å². The summed E-state index contributed by atoms with van der Waals surface area (Å²) in [7, 11) is 3.96. The summed E-state index contributed by atoms with van der Waals surface area (Å²) in [5, 5.41) is 5.55. The molecule has 1 aliphatic carbocycles. The van der Waals surface area contributed by atoms with Crippen molar-refractivity contribution in [2.45, 2.75) is 25.7 Å². The first kappa shape index (κ1) is 17.7. The molecular weight excluding hydrogens is 354 g/mol. The number of benzene rings is 2. The maximum atomic E-state index is 12.5. The number of rotatable bonds is 4. The van der Waals surface area contributed by atoms with E-state index in [1.807, 2.05) is 48.6 Å². The van der Waals surface area contributed by atoms with Crippen LogP contribution in [0.5, 0.6) is 0 Å². The van der Waals surface area contributed by atoms with Crippen LogP contribution in [0.1, 0.15) is 34.3 Å². The van der Waals surface area contributed by atoms with E-state index in [2.05, 4.69) is 28.5 Å². The lowest BCUT2D eigenvalue weighted by atomic mass is 9.90. The van der Waals surface area contributed by atoms with E-state index in [1.54, 1.807) is 0 Å². The molecule has 27 heavy (non-hydrogen) atoms. The summed E-state index contributed by atoms with van der Waals surface area (Å²) in [6.07, 6.45) is 4.89. The van der Waals surface area contributed by atoms with E-state index >= 15 is 0 Å². The Balaban J connectivity index is 1.48. The van der Waals surface area contributed by atoms with Crippen LogP contribution in [0.4, 0.5) is 10.8 Å². The molecule has 4 nitrogen and oxygen atoms in total. The third-order valence-corrected chi connectivity index (χ3v) is 5.77. The van der Waals surface area contributed by atoms with E-state index in [0.717, 1.165) is 23.4 Å². The molecule has 1 aliphatic rings. The van der Waals surface area contributed by atoms with E-state index < -0.39 is 0 Å². The number of amides is 1. The summed E-state index contributed by atoms with van der Waals surface area (Å²) >= 11 is 1.46. The number of carbonyl (C=O) groups is 1. The van der Waals surface area contributed by atoms with Crippen LogP contribution in [-0.2, 0) is 12.8 Å². The van der Waals surface area contributed by atoms with Gasteiger partial charge in [-0.2, -0.15) is 0 Å². The van der Waals surface area contributed by atoms with Crippen molar-refractivity contribution in [1.82, 2.24) is 4.98 Å². The number of aryl methyl sites for hydroxylation is 2. The van der Waals surface area contributed by atoms with E-state index in [-0.39, 0.29) is 5.91 Å². The van der Waals surface area contributed by atoms with E-state index in [4.69, 9.17) is 0 Å². The first-order valence-corrected chi connectivity index (χ1v) is 10.1. The molecular formula is C22H23N3OS. The van der Waals surface area contributed by atoms with Crippen molar-refractivity contribution < 1.29 is 4.79 Å². The van der Waals surface area contributed by atoms with Crippen molar-refractivity contribution >= 4 is 28.1 Å². The SMILES string of the molecule is CN(C)c1ccc(C(=O)Nc2nc(-c3ccc4c(c3)CCCC4)cs2)cc1. The Morgan fingerprint density at radius 1 is 1.04 bits per heavy atom. The van der Waals surface area contributed by atoms with Gasteiger partial charge < -0.3 is 4.90 Å². The fourth-order valence-corrected chi connectivity index (χ4v) is 4.15. The molecule has 5 heteroatoms. The lowest BCUT2D eigenvalue weighted by Crippen LogP contribution is -2.13. The van der Waals surface area contributed by atoms with Crippen LogP contribution in [0, 0.1) is 0 Å².